The molecule has 4 nitrogen and oxygen atoms in total. The Morgan fingerprint density at radius 1 is 1.26 bits per heavy atom. The van der Waals surface area contributed by atoms with E-state index >= 15 is 0 Å². The molecule has 1 heterocycles. The van der Waals surface area contributed by atoms with E-state index < -0.39 is 23.7 Å². The second kappa shape index (κ2) is 6.06. The molecule has 1 amide bonds. The first-order valence-electron chi connectivity index (χ1n) is 7.10. The summed E-state index contributed by atoms with van der Waals surface area (Å²) in [5.74, 6) is -0.756. The molecule has 2 rings (SSSR count). The third kappa shape index (κ3) is 3.38. The molecule has 0 spiro atoms. The molecule has 124 valence electrons. The molecule has 0 radical (unpaired) electrons. The second-order valence-electron chi connectivity index (χ2n) is 5.45. The first-order valence-corrected chi connectivity index (χ1v) is 7.10. The summed E-state index contributed by atoms with van der Waals surface area (Å²) in [6.07, 6.45) is -4.57. The number of amides is 1. The van der Waals surface area contributed by atoms with Gasteiger partial charge in [-0.05, 0) is 32.9 Å². The van der Waals surface area contributed by atoms with Gasteiger partial charge in [0, 0.05) is 18.3 Å². The molecule has 7 heteroatoms. The first-order chi connectivity index (χ1) is 10.6. The average Bonchev–Trinajstić information content (AvgIpc) is 2.71. The zero-order valence-corrected chi connectivity index (χ0v) is 13.3. The quantitative estimate of drug-likeness (QED) is 0.938. The summed E-state index contributed by atoms with van der Waals surface area (Å²) in [4.78, 5) is 12.3. The molecular weight excluding hydrogens is 307 g/mol. The van der Waals surface area contributed by atoms with Crippen molar-refractivity contribution in [1.29, 1.82) is 0 Å². The Morgan fingerprint density at radius 3 is 2.39 bits per heavy atom. The van der Waals surface area contributed by atoms with Gasteiger partial charge in [-0.15, -0.1) is 0 Å². The molecule has 1 aromatic carbocycles. The number of alkyl halides is 3. The maximum absolute atomic E-state index is 13.0. The van der Waals surface area contributed by atoms with Crippen LogP contribution in [0.1, 0.15) is 45.8 Å². The molecule has 23 heavy (non-hydrogen) atoms. The fourth-order valence-corrected chi connectivity index (χ4v) is 2.69. The number of hydrogen-bond acceptors (Lipinski definition) is 2. The Morgan fingerprint density at radius 2 is 1.87 bits per heavy atom. The maximum Gasteiger partial charge on any atom is 0.417 e. The van der Waals surface area contributed by atoms with Crippen molar-refractivity contribution >= 4 is 5.91 Å². The summed E-state index contributed by atoms with van der Waals surface area (Å²) in [5.41, 5.74) is 1.09. The molecule has 1 N–H and O–H groups in total. The van der Waals surface area contributed by atoms with Crippen LogP contribution >= 0.6 is 0 Å². The van der Waals surface area contributed by atoms with Crippen LogP contribution in [0.4, 0.5) is 13.2 Å². The van der Waals surface area contributed by atoms with Crippen molar-refractivity contribution in [3.05, 3.63) is 52.3 Å². The highest BCUT2D eigenvalue weighted by Gasteiger charge is 2.35. The fraction of sp³-hybridized carbons (Fsp3) is 0.375. The highest BCUT2D eigenvalue weighted by Crippen LogP contribution is 2.32. The summed E-state index contributed by atoms with van der Waals surface area (Å²) >= 11 is 0. The molecule has 0 unspecified atom stereocenters. The van der Waals surface area contributed by atoms with E-state index in [1.807, 2.05) is 6.92 Å². The Balaban J connectivity index is 2.30. The van der Waals surface area contributed by atoms with E-state index in [2.05, 4.69) is 10.4 Å². The number of carbonyl (C=O) groups excluding carboxylic acids is 1. The smallest absolute Gasteiger partial charge is 0.345 e. The van der Waals surface area contributed by atoms with Gasteiger partial charge in [0.25, 0.3) is 5.91 Å². The highest BCUT2D eigenvalue weighted by molar-refractivity contribution is 5.96. The van der Waals surface area contributed by atoms with Crippen molar-refractivity contribution in [3.63, 3.8) is 0 Å². The van der Waals surface area contributed by atoms with Gasteiger partial charge in [-0.2, -0.15) is 18.3 Å². The first kappa shape index (κ1) is 17.1. The highest BCUT2D eigenvalue weighted by atomic mass is 19.4. The predicted molar refractivity (Wildman–Crippen MR) is 80.0 cm³/mol. The van der Waals surface area contributed by atoms with Gasteiger partial charge in [0.15, 0.2) is 0 Å². The fourth-order valence-electron chi connectivity index (χ4n) is 2.69. The number of aromatic nitrogens is 2. The van der Waals surface area contributed by atoms with Gasteiger partial charge >= 0.3 is 6.18 Å². The molecule has 0 saturated heterocycles. The van der Waals surface area contributed by atoms with Gasteiger partial charge < -0.3 is 5.32 Å². The van der Waals surface area contributed by atoms with Crippen molar-refractivity contribution < 1.29 is 18.0 Å². The van der Waals surface area contributed by atoms with E-state index in [9.17, 15) is 18.0 Å². The number of halogens is 3. The van der Waals surface area contributed by atoms with Gasteiger partial charge in [-0.25, -0.2) is 0 Å². The summed E-state index contributed by atoms with van der Waals surface area (Å²) in [7, 11) is 1.78. The zero-order chi connectivity index (χ0) is 17.4. The van der Waals surface area contributed by atoms with Crippen molar-refractivity contribution in [2.24, 2.45) is 7.05 Å². The Labute approximate surface area is 132 Å². The van der Waals surface area contributed by atoms with Crippen LogP contribution in [0.15, 0.2) is 24.3 Å². The standard InChI is InChI=1S/C16H18F3N3O/c1-9(14-10(2)21-22(4)11(14)3)20-15(23)12-7-5-6-8-13(12)16(17,18)19/h5-9H,1-4H3,(H,20,23)/t9-/m1/s1. The lowest BCUT2D eigenvalue weighted by molar-refractivity contribution is -0.137. The van der Waals surface area contributed by atoms with E-state index in [1.165, 1.54) is 18.2 Å². The third-order valence-electron chi connectivity index (χ3n) is 3.82. The normalized spacial score (nSPS) is 13.0. The molecular formula is C16H18F3N3O. The van der Waals surface area contributed by atoms with E-state index in [1.54, 1.807) is 25.6 Å². The van der Waals surface area contributed by atoms with Crippen LogP contribution in [0.2, 0.25) is 0 Å². The van der Waals surface area contributed by atoms with E-state index in [4.69, 9.17) is 0 Å². The summed E-state index contributed by atoms with van der Waals surface area (Å²) in [6, 6.07) is 4.31. The van der Waals surface area contributed by atoms with Crippen LogP contribution in [-0.4, -0.2) is 15.7 Å². The number of nitrogens with one attached hydrogen (secondary N) is 1. The minimum Gasteiger partial charge on any atom is -0.345 e. The van der Waals surface area contributed by atoms with Crippen molar-refractivity contribution in [3.8, 4) is 0 Å². The molecule has 0 fully saturated rings. The lowest BCUT2D eigenvalue weighted by Gasteiger charge is -2.17. The van der Waals surface area contributed by atoms with E-state index in [0.717, 1.165) is 23.0 Å². The largest absolute Gasteiger partial charge is 0.417 e. The Bertz CT molecular complexity index is 735. The van der Waals surface area contributed by atoms with Gasteiger partial charge in [-0.1, -0.05) is 12.1 Å². The summed E-state index contributed by atoms with van der Waals surface area (Å²) < 4.78 is 40.7. The topological polar surface area (TPSA) is 46.9 Å². The molecule has 0 bridgehead atoms. The molecule has 0 aliphatic rings. The Kier molecular flexibility index (Phi) is 4.49. The predicted octanol–water partition coefficient (Wildman–Crippen LogP) is 3.55. The number of benzene rings is 1. The van der Waals surface area contributed by atoms with Gasteiger partial charge in [0.05, 0.1) is 22.9 Å². The lowest BCUT2D eigenvalue weighted by Crippen LogP contribution is -2.29. The van der Waals surface area contributed by atoms with Crippen LogP contribution in [0, 0.1) is 13.8 Å². The van der Waals surface area contributed by atoms with Gasteiger partial charge in [0.1, 0.15) is 0 Å². The molecule has 2 aromatic rings. The molecule has 1 aromatic heterocycles. The van der Waals surface area contributed by atoms with Crippen molar-refractivity contribution in [2.75, 3.05) is 0 Å². The SMILES string of the molecule is Cc1nn(C)c(C)c1[C@@H](C)NC(=O)c1ccccc1C(F)(F)F. The van der Waals surface area contributed by atoms with Crippen LogP contribution in [0.25, 0.3) is 0 Å². The van der Waals surface area contributed by atoms with Crippen LogP contribution in [0.3, 0.4) is 0 Å². The molecule has 0 saturated carbocycles. The number of hydrogen-bond donors (Lipinski definition) is 1. The summed E-state index contributed by atoms with van der Waals surface area (Å²) in [6.45, 7) is 5.38. The molecule has 1 atom stereocenters. The van der Waals surface area contributed by atoms with Crippen molar-refractivity contribution in [2.45, 2.75) is 33.0 Å². The van der Waals surface area contributed by atoms with E-state index in [0.29, 0.717) is 0 Å². The molecule has 0 aliphatic heterocycles. The third-order valence-corrected chi connectivity index (χ3v) is 3.82. The Hall–Kier alpha value is -2.31. The van der Waals surface area contributed by atoms with E-state index in [-0.39, 0.29) is 5.56 Å². The van der Waals surface area contributed by atoms with Crippen LogP contribution < -0.4 is 5.32 Å². The van der Waals surface area contributed by atoms with Crippen molar-refractivity contribution in [1.82, 2.24) is 15.1 Å². The molecule has 0 aliphatic carbocycles. The number of aryl methyl sites for hydroxylation is 2. The lowest BCUT2D eigenvalue weighted by atomic mass is 10.0. The average molecular weight is 325 g/mol. The van der Waals surface area contributed by atoms with Gasteiger partial charge in [0.2, 0.25) is 0 Å². The zero-order valence-electron chi connectivity index (χ0n) is 13.3. The maximum atomic E-state index is 13.0. The van der Waals surface area contributed by atoms with Gasteiger partial charge in [-0.3, -0.25) is 9.48 Å². The number of carbonyl (C=O) groups is 1. The van der Waals surface area contributed by atoms with Crippen LogP contribution in [-0.2, 0) is 13.2 Å². The van der Waals surface area contributed by atoms with Crippen LogP contribution in [0.5, 0.6) is 0 Å². The number of rotatable bonds is 3. The number of nitrogens with zero attached hydrogens (tertiary/aromatic N) is 2. The minimum atomic E-state index is -4.57. The summed E-state index contributed by atoms with van der Waals surface area (Å²) in [5, 5.41) is 6.88. The monoisotopic (exact) mass is 325 g/mol. The second-order valence-corrected chi connectivity index (χ2v) is 5.45. The minimum absolute atomic E-state index is 0.383.